The van der Waals surface area contributed by atoms with Crippen molar-refractivity contribution in [2.45, 2.75) is 52.6 Å². The molecule has 218 valence electrons. The van der Waals surface area contributed by atoms with Crippen LogP contribution in [-0.2, 0) is 12.8 Å². The van der Waals surface area contributed by atoms with Crippen molar-refractivity contribution in [1.82, 2.24) is 0 Å². The van der Waals surface area contributed by atoms with E-state index < -0.39 is 0 Å². The van der Waals surface area contributed by atoms with Crippen LogP contribution < -0.4 is 9.64 Å². The van der Waals surface area contributed by atoms with Gasteiger partial charge in [-0.1, -0.05) is 105 Å². The van der Waals surface area contributed by atoms with Crippen molar-refractivity contribution < 1.29 is 4.74 Å². The van der Waals surface area contributed by atoms with Gasteiger partial charge in [-0.2, -0.15) is 0 Å². The fourth-order valence-corrected chi connectivity index (χ4v) is 6.91. The number of nitrogens with zero attached hydrogens (tertiary/aromatic N) is 2. The van der Waals surface area contributed by atoms with Crippen molar-refractivity contribution in [1.29, 1.82) is 0 Å². The molecule has 44 heavy (non-hydrogen) atoms. The van der Waals surface area contributed by atoms with Gasteiger partial charge >= 0.3 is 0 Å². The molecule has 2 unspecified atom stereocenters. The summed E-state index contributed by atoms with van der Waals surface area (Å²) in [6, 6.07) is 43.8. The van der Waals surface area contributed by atoms with E-state index in [1.807, 2.05) is 32.0 Å². The highest BCUT2D eigenvalue weighted by Gasteiger charge is 2.37. The minimum absolute atomic E-state index is 0.00650. The lowest BCUT2D eigenvalue weighted by molar-refractivity contribution is 0.560. The first-order valence-electron chi connectivity index (χ1n) is 15.9. The monoisotopic (exact) mass is 574 g/mol. The van der Waals surface area contributed by atoms with Gasteiger partial charge in [0.25, 0.3) is 0 Å². The van der Waals surface area contributed by atoms with Gasteiger partial charge in [-0.15, -0.1) is 0 Å². The first-order chi connectivity index (χ1) is 21.6. The van der Waals surface area contributed by atoms with Crippen LogP contribution in [0.5, 0.6) is 5.75 Å². The van der Waals surface area contributed by atoms with Crippen LogP contribution in [0.15, 0.2) is 126 Å². The molecule has 0 fully saturated rings. The van der Waals surface area contributed by atoms with Crippen molar-refractivity contribution >= 4 is 28.4 Å². The fraction of sp³-hybridized carbons (Fsp3) is 0.195. The molecule has 3 aliphatic heterocycles. The van der Waals surface area contributed by atoms with Crippen molar-refractivity contribution in [3.63, 3.8) is 0 Å². The molecular weight excluding hydrogens is 536 g/mol. The van der Waals surface area contributed by atoms with E-state index in [9.17, 15) is 0 Å². The van der Waals surface area contributed by atoms with E-state index in [1.54, 1.807) is 0 Å². The van der Waals surface area contributed by atoms with Gasteiger partial charge in [0.05, 0.1) is 11.6 Å². The third kappa shape index (κ3) is 4.83. The van der Waals surface area contributed by atoms with Crippen LogP contribution in [0.25, 0.3) is 22.3 Å². The minimum atomic E-state index is -0.00650. The molecule has 5 aromatic carbocycles. The van der Waals surface area contributed by atoms with Crippen molar-refractivity contribution in [3.05, 3.63) is 149 Å². The average molecular weight is 575 g/mol. The molecule has 8 rings (SSSR count). The molecule has 0 saturated heterocycles. The molecule has 0 aromatic heterocycles. The lowest BCUT2D eigenvalue weighted by Crippen LogP contribution is -2.22. The zero-order valence-corrected chi connectivity index (χ0v) is 25.9. The summed E-state index contributed by atoms with van der Waals surface area (Å²) in [6.07, 6.45) is 2.13. The van der Waals surface area contributed by atoms with Crippen LogP contribution in [0.3, 0.4) is 0 Å². The first kappa shape index (κ1) is 27.9. The summed E-state index contributed by atoms with van der Waals surface area (Å²) in [5.41, 5.74) is 13.9. The number of fused-ring (bicyclic) bond motifs is 6. The Morgan fingerprint density at radius 3 is 2.11 bits per heavy atom. The number of allylic oxidation sites excluding steroid dienone is 1. The molecule has 3 heterocycles. The van der Waals surface area contributed by atoms with Gasteiger partial charge in [0.2, 0.25) is 5.90 Å². The number of ether oxygens (including phenoxy) is 1. The maximum atomic E-state index is 6.37. The Kier molecular flexibility index (Phi) is 7.39. The van der Waals surface area contributed by atoms with Crippen LogP contribution in [0.2, 0.25) is 0 Å². The fourth-order valence-electron chi connectivity index (χ4n) is 6.91. The van der Waals surface area contributed by atoms with E-state index in [0.717, 1.165) is 29.7 Å². The number of para-hydroxylation sites is 1. The van der Waals surface area contributed by atoms with Gasteiger partial charge in [0.15, 0.2) is 0 Å². The highest BCUT2D eigenvalue weighted by Crippen LogP contribution is 2.48. The van der Waals surface area contributed by atoms with E-state index in [2.05, 4.69) is 122 Å². The molecule has 0 spiro atoms. The number of hydrogen-bond donors (Lipinski definition) is 0. The van der Waals surface area contributed by atoms with Crippen LogP contribution in [-0.4, -0.2) is 11.9 Å². The topological polar surface area (TPSA) is 24.8 Å². The predicted octanol–water partition coefficient (Wildman–Crippen LogP) is 10.5. The van der Waals surface area contributed by atoms with Crippen LogP contribution in [0, 0.1) is 0 Å². The van der Waals surface area contributed by atoms with Gasteiger partial charge in [-0.25, -0.2) is 4.99 Å². The molecule has 3 nitrogen and oxygen atoms in total. The van der Waals surface area contributed by atoms with Gasteiger partial charge in [0.1, 0.15) is 5.75 Å². The molecule has 3 aliphatic rings. The Morgan fingerprint density at radius 2 is 1.36 bits per heavy atom. The zero-order chi connectivity index (χ0) is 30.2. The van der Waals surface area contributed by atoms with Crippen LogP contribution in [0.4, 0.5) is 11.4 Å². The molecule has 0 aliphatic carbocycles. The predicted molar refractivity (Wildman–Crippen MR) is 185 cm³/mol. The smallest absolute Gasteiger partial charge is 0.223 e. The zero-order valence-electron chi connectivity index (χ0n) is 25.9. The summed E-state index contributed by atoms with van der Waals surface area (Å²) >= 11 is 0. The average Bonchev–Trinajstić information content (AvgIpc) is 3.74. The van der Waals surface area contributed by atoms with Gasteiger partial charge in [0, 0.05) is 23.0 Å². The normalized spacial score (nSPS) is 18.4. The Morgan fingerprint density at radius 1 is 0.727 bits per heavy atom. The van der Waals surface area contributed by atoms with Crippen molar-refractivity contribution in [3.8, 4) is 16.9 Å². The second-order valence-electron chi connectivity index (χ2n) is 11.6. The lowest BCUT2D eigenvalue weighted by atomic mass is 9.94. The second-order valence-corrected chi connectivity index (χ2v) is 11.6. The Labute approximate surface area is 261 Å². The van der Waals surface area contributed by atoms with E-state index in [0.29, 0.717) is 11.9 Å². The number of hydrogen-bond acceptors (Lipinski definition) is 3. The first-order valence-corrected chi connectivity index (χ1v) is 15.9. The molecule has 0 saturated carbocycles. The quantitative estimate of drug-likeness (QED) is 0.213. The third-order valence-electron chi connectivity index (χ3n) is 9.04. The molecular formula is C41H38N2O. The molecule has 0 bridgehead atoms. The van der Waals surface area contributed by atoms with Crippen molar-refractivity contribution in [2.75, 3.05) is 4.90 Å². The van der Waals surface area contributed by atoms with E-state index >= 15 is 0 Å². The number of aliphatic imine (C=N–C) groups is 1. The van der Waals surface area contributed by atoms with Gasteiger partial charge in [-0.3, -0.25) is 0 Å². The van der Waals surface area contributed by atoms with Crippen molar-refractivity contribution in [2.24, 2.45) is 4.99 Å². The summed E-state index contributed by atoms with van der Waals surface area (Å²) in [7, 11) is 0. The molecule has 0 amide bonds. The minimum Gasteiger partial charge on any atom is -0.438 e. The van der Waals surface area contributed by atoms with E-state index in [-0.39, 0.29) is 6.04 Å². The summed E-state index contributed by atoms with van der Waals surface area (Å²) < 4.78 is 6.37. The standard InChI is InChI=1S/C39H32N2O.C2H6/c1-25(38-34-15-9-10-16-37(34)42-39(38)40-26(2)27-11-5-3-6-12-27)29-17-19-35-31(21-29)23-33-24-32-22-30(18-20-36(32)41(33)35)28-13-7-4-8-14-28;1-2/h3-22,26,33H,23-24H2,1-2H3;1-2H3/b38-25+,40-39?;. The highest BCUT2D eigenvalue weighted by molar-refractivity contribution is 6.30. The molecule has 2 atom stereocenters. The van der Waals surface area contributed by atoms with E-state index in [1.165, 1.54) is 50.3 Å². The summed E-state index contributed by atoms with van der Waals surface area (Å²) in [5, 5.41) is 0. The Balaban J connectivity index is 0.00000153. The highest BCUT2D eigenvalue weighted by atomic mass is 16.5. The maximum absolute atomic E-state index is 6.37. The molecule has 3 heteroatoms. The summed E-state index contributed by atoms with van der Waals surface area (Å²) in [6.45, 7) is 8.34. The third-order valence-corrected chi connectivity index (χ3v) is 9.04. The molecule has 5 aromatic rings. The summed E-state index contributed by atoms with van der Waals surface area (Å²) in [4.78, 5) is 7.65. The number of anilines is 2. The lowest BCUT2D eigenvalue weighted by Gasteiger charge is -2.21. The van der Waals surface area contributed by atoms with Crippen LogP contribution in [0.1, 0.15) is 61.6 Å². The largest absolute Gasteiger partial charge is 0.438 e. The second kappa shape index (κ2) is 11.7. The Hall–Kier alpha value is -4.89. The van der Waals surface area contributed by atoms with Crippen LogP contribution >= 0.6 is 0 Å². The summed E-state index contributed by atoms with van der Waals surface area (Å²) in [5.74, 6) is 1.58. The molecule has 0 radical (unpaired) electrons. The van der Waals surface area contributed by atoms with Gasteiger partial charge < -0.3 is 9.64 Å². The molecule has 0 N–H and O–H groups in total. The van der Waals surface area contributed by atoms with E-state index in [4.69, 9.17) is 9.73 Å². The van der Waals surface area contributed by atoms with Gasteiger partial charge in [-0.05, 0) is 96.0 Å². The number of rotatable bonds is 4. The Bertz CT molecular complexity index is 1890. The SMILES string of the molecule is C/C(=C1\C(=NC(C)c2ccccc2)Oc2ccccc21)c1ccc2c(c1)CC1Cc3cc(-c4ccccc4)ccc3N21.CC. The maximum Gasteiger partial charge on any atom is 0.223 e. The number of benzene rings is 5.